The number of rotatable bonds is 6. The molecule has 0 aromatic rings. The second-order valence-corrected chi connectivity index (χ2v) is 3.00. The highest BCUT2D eigenvalue weighted by Crippen LogP contribution is 2.06. The number of allylic oxidation sites excluding steroid dienone is 2. The standard InChI is InChI=1S/C10H16O3/c1-3-4-5-6-7-9(8(2)11)10(12)13/h5-6,9H,3-4,7H2,1-2H3,(H,12,13). The van der Waals surface area contributed by atoms with Crippen molar-refractivity contribution in [1.29, 1.82) is 0 Å². The van der Waals surface area contributed by atoms with Gasteiger partial charge in [0.05, 0.1) is 0 Å². The average Bonchev–Trinajstić information content (AvgIpc) is 2.02. The zero-order valence-corrected chi connectivity index (χ0v) is 8.12. The summed E-state index contributed by atoms with van der Waals surface area (Å²) in [6.07, 6.45) is 5.96. The van der Waals surface area contributed by atoms with Crippen LogP contribution in [-0.4, -0.2) is 16.9 Å². The van der Waals surface area contributed by atoms with Crippen molar-refractivity contribution >= 4 is 11.8 Å². The normalized spacial score (nSPS) is 13.1. The van der Waals surface area contributed by atoms with E-state index in [1.807, 2.05) is 13.0 Å². The van der Waals surface area contributed by atoms with E-state index >= 15 is 0 Å². The number of carboxylic acids is 1. The molecule has 1 atom stereocenters. The largest absolute Gasteiger partial charge is 0.481 e. The Morgan fingerprint density at radius 1 is 1.38 bits per heavy atom. The van der Waals surface area contributed by atoms with E-state index in [0.29, 0.717) is 6.42 Å². The molecule has 3 nitrogen and oxygen atoms in total. The number of carbonyl (C=O) groups excluding carboxylic acids is 1. The third-order valence-corrected chi connectivity index (χ3v) is 1.78. The first-order chi connectivity index (χ1) is 6.09. The summed E-state index contributed by atoms with van der Waals surface area (Å²) in [7, 11) is 0. The quantitative estimate of drug-likeness (QED) is 0.507. The maximum atomic E-state index is 10.8. The van der Waals surface area contributed by atoms with Gasteiger partial charge in [0.1, 0.15) is 11.7 Å². The van der Waals surface area contributed by atoms with E-state index in [2.05, 4.69) is 0 Å². The molecule has 0 heterocycles. The van der Waals surface area contributed by atoms with Gasteiger partial charge in [0, 0.05) is 0 Å². The number of carbonyl (C=O) groups is 2. The highest BCUT2D eigenvalue weighted by Gasteiger charge is 2.20. The zero-order chi connectivity index (χ0) is 10.3. The van der Waals surface area contributed by atoms with Crippen LogP contribution in [0, 0.1) is 5.92 Å². The van der Waals surface area contributed by atoms with E-state index in [9.17, 15) is 9.59 Å². The summed E-state index contributed by atoms with van der Waals surface area (Å²) in [5.41, 5.74) is 0. The first kappa shape index (κ1) is 11.9. The van der Waals surface area contributed by atoms with Crippen molar-refractivity contribution in [2.24, 2.45) is 5.92 Å². The van der Waals surface area contributed by atoms with Gasteiger partial charge >= 0.3 is 5.97 Å². The van der Waals surface area contributed by atoms with Gasteiger partial charge in [0.2, 0.25) is 0 Å². The molecule has 13 heavy (non-hydrogen) atoms. The third-order valence-electron chi connectivity index (χ3n) is 1.78. The van der Waals surface area contributed by atoms with E-state index in [4.69, 9.17) is 5.11 Å². The number of aliphatic carboxylic acids is 1. The highest BCUT2D eigenvalue weighted by molar-refractivity contribution is 5.96. The Bertz CT molecular complexity index is 192. The number of carboxylic acid groups (broad SMARTS) is 1. The Labute approximate surface area is 78.5 Å². The summed E-state index contributed by atoms with van der Waals surface area (Å²) in [4.78, 5) is 21.4. The summed E-state index contributed by atoms with van der Waals surface area (Å²) in [6, 6.07) is 0. The Hall–Kier alpha value is -1.12. The molecule has 0 aromatic heterocycles. The Kier molecular flexibility index (Phi) is 5.85. The van der Waals surface area contributed by atoms with Gasteiger partial charge in [-0.1, -0.05) is 25.5 Å². The van der Waals surface area contributed by atoms with E-state index in [-0.39, 0.29) is 5.78 Å². The summed E-state index contributed by atoms with van der Waals surface area (Å²) < 4.78 is 0. The van der Waals surface area contributed by atoms with Crippen LogP contribution in [0.1, 0.15) is 33.1 Å². The van der Waals surface area contributed by atoms with Crippen LogP contribution in [0.2, 0.25) is 0 Å². The van der Waals surface area contributed by atoms with Crippen LogP contribution in [0.15, 0.2) is 12.2 Å². The summed E-state index contributed by atoms with van der Waals surface area (Å²) in [6.45, 7) is 3.36. The van der Waals surface area contributed by atoms with Gasteiger partial charge < -0.3 is 5.11 Å². The molecule has 0 aromatic carbocycles. The number of hydrogen-bond acceptors (Lipinski definition) is 2. The minimum absolute atomic E-state index is 0.284. The Morgan fingerprint density at radius 2 is 2.00 bits per heavy atom. The molecule has 0 aliphatic rings. The molecule has 0 aliphatic carbocycles. The predicted molar refractivity (Wildman–Crippen MR) is 50.5 cm³/mol. The van der Waals surface area contributed by atoms with Gasteiger partial charge in [-0.3, -0.25) is 9.59 Å². The summed E-state index contributed by atoms with van der Waals surface area (Å²) in [5.74, 6) is -2.18. The summed E-state index contributed by atoms with van der Waals surface area (Å²) in [5, 5.41) is 8.65. The van der Waals surface area contributed by atoms with Gasteiger partial charge in [0.25, 0.3) is 0 Å². The zero-order valence-electron chi connectivity index (χ0n) is 8.12. The SMILES string of the molecule is CCCC=CCC(C(C)=O)C(=O)O. The molecule has 0 aliphatic heterocycles. The van der Waals surface area contributed by atoms with Crippen molar-refractivity contribution in [3.8, 4) is 0 Å². The lowest BCUT2D eigenvalue weighted by atomic mass is 10.0. The molecule has 1 unspecified atom stereocenters. The van der Waals surface area contributed by atoms with Crippen molar-refractivity contribution in [3.63, 3.8) is 0 Å². The Balaban J connectivity index is 3.97. The van der Waals surface area contributed by atoms with Crippen molar-refractivity contribution in [3.05, 3.63) is 12.2 Å². The average molecular weight is 184 g/mol. The van der Waals surface area contributed by atoms with Crippen LogP contribution in [0.3, 0.4) is 0 Å². The van der Waals surface area contributed by atoms with E-state index < -0.39 is 11.9 Å². The van der Waals surface area contributed by atoms with Crippen LogP contribution in [0.4, 0.5) is 0 Å². The summed E-state index contributed by atoms with van der Waals surface area (Å²) >= 11 is 0. The van der Waals surface area contributed by atoms with E-state index in [1.165, 1.54) is 6.92 Å². The van der Waals surface area contributed by atoms with Crippen molar-refractivity contribution in [2.75, 3.05) is 0 Å². The molecule has 1 N–H and O–H groups in total. The number of ketones is 1. The molecule has 0 bridgehead atoms. The predicted octanol–water partition coefficient (Wildman–Crippen LogP) is 2.02. The van der Waals surface area contributed by atoms with Crippen LogP contribution in [0.25, 0.3) is 0 Å². The lowest BCUT2D eigenvalue weighted by molar-refractivity contribution is -0.145. The van der Waals surface area contributed by atoms with E-state index in [1.54, 1.807) is 6.08 Å². The molecule has 0 saturated carbocycles. The monoisotopic (exact) mass is 184 g/mol. The fourth-order valence-corrected chi connectivity index (χ4v) is 0.957. The molecule has 0 spiro atoms. The van der Waals surface area contributed by atoms with Gasteiger partial charge in [-0.2, -0.15) is 0 Å². The lowest BCUT2D eigenvalue weighted by Crippen LogP contribution is -2.20. The smallest absolute Gasteiger partial charge is 0.314 e. The molecule has 74 valence electrons. The van der Waals surface area contributed by atoms with Crippen LogP contribution in [0.5, 0.6) is 0 Å². The topological polar surface area (TPSA) is 54.4 Å². The van der Waals surface area contributed by atoms with Gasteiger partial charge in [0.15, 0.2) is 0 Å². The molecule has 3 heteroatoms. The number of hydrogen-bond donors (Lipinski definition) is 1. The fourth-order valence-electron chi connectivity index (χ4n) is 0.957. The highest BCUT2D eigenvalue weighted by atomic mass is 16.4. The first-order valence-electron chi connectivity index (χ1n) is 4.47. The molecule has 0 radical (unpaired) electrons. The van der Waals surface area contributed by atoms with Gasteiger partial charge in [-0.05, 0) is 19.8 Å². The maximum Gasteiger partial charge on any atom is 0.314 e. The molecule has 0 fully saturated rings. The van der Waals surface area contributed by atoms with Gasteiger partial charge in [-0.25, -0.2) is 0 Å². The van der Waals surface area contributed by atoms with Crippen molar-refractivity contribution < 1.29 is 14.7 Å². The van der Waals surface area contributed by atoms with E-state index in [0.717, 1.165) is 12.8 Å². The lowest BCUT2D eigenvalue weighted by Gasteiger charge is -2.03. The van der Waals surface area contributed by atoms with Crippen molar-refractivity contribution in [2.45, 2.75) is 33.1 Å². The third kappa shape index (κ3) is 5.17. The van der Waals surface area contributed by atoms with Crippen molar-refractivity contribution in [1.82, 2.24) is 0 Å². The molecular weight excluding hydrogens is 168 g/mol. The fraction of sp³-hybridized carbons (Fsp3) is 0.600. The molecule has 0 amide bonds. The second kappa shape index (κ2) is 6.40. The molecular formula is C10H16O3. The Morgan fingerprint density at radius 3 is 2.38 bits per heavy atom. The number of Topliss-reactive ketones (excluding diaryl/α,β-unsaturated/α-hetero) is 1. The van der Waals surface area contributed by atoms with Crippen LogP contribution < -0.4 is 0 Å². The minimum Gasteiger partial charge on any atom is -0.481 e. The van der Waals surface area contributed by atoms with Crippen LogP contribution in [-0.2, 0) is 9.59 Å². The first-order valence-corrected chi connectivity index (χ1v) is 4.47. The van der Waals surface area contributed by atoms with Crippen LogP contribution >= 0.6 is 0 Å². The minimum atomic E-state index is -1.03. The molecule has 0 saturated heterocycles. The second-order valence-electron chi connectivity index (χ2n) is 3.00. The number of unbranched alkanes of at least 4 members (excludes halogenated alkanes) is 1. The molecule has 0 rings (SSSR count). The van der Waals surface area contributed by atoms with Gasteiger partial charge in [-0.15, -0.1) is 0 Å². The maximum absolute atomic E-state index is 10.8.